The van der Waals surface area contributed by atoms with Gasteiger partial charge in [-0.05, 0) is 59.7 Å². The van der Waals surface area contributed by atoms with Crippen LogP contribution in [0.2, 0.25) is 0 Å². The Labute approximate surface area is 221 Å². The molecule has 3 heterocycles. The third-order valence-corrected chi connectivity index (χ3v) is 7.91. The molecule has 1 unspecified atom stereocenters. The van der Waals surface area contributed by atoms with E-state index in [-0.39, 0.29) is 17.6 Å². The summed E-state index contributed by atoms with van der Waals surface area (Å²) < 4.78 is 13.0. The Morgan fingerprint density at radius 2 is 1.76 bits per heavy atom. The van der Waals surface area contributed by atoms with Crippen molar-refractivity contribution in [1.82, 2.24) is 30.1 Å². The number of rotatable bonds is 7. The molecule has 4 aromatic rings. The standard InChI is InChI=1S/C28H33N7O3/c1-37-21-11-12-23-19(17-21)18-22(28(36)29-23)26(27-30-31-32-35(27)20-7-3-4-8-20)34-15-13-33(14-16-34)24-9-5-6-10-25(24)38-2/h5-6,9-12,17-18,20,26H,3-4,7-8,13-16H2,1-2H3,(H,29,36). The fourth-order valence-electron chi connectivity index (χ4n) is 5.93. The molecule has 2 aromatic carbocycles. The van der Waals surface area contributed by atoms with Gasteiger partial charge in [-0.2, -0.15) is 0 Å². The zero-order valence-electron chi connectivity index (χ0n) is 21.8. The van der Waals surface area contributed by atoms with Gasteiger partial charge in [-0.1, -0.05) is 25.0 Å². The average molecular weight is 516 g/mol. The summed E-state index contributed by atoms with van der Waals surface area (Å²) in [5, 5.41) is 13.9. The lowest BCUT2D eigenvalue weighted by atomic mass is 10.0. The van der Waals surface area contributed by atoms with E-state index in [1.54, 1.807) is 14.2 Å². The zero-order valence-corrected chi connectivity index (χ0v) is 21.8. The van der Waals surface area contributed by atoms with Gasteiger partial charge in [-0.25, -0.2) is 4.68 Å². The molecule has 1 aliphatic heterocycles. The number of aromatic amines is 1. The number of aromatic nitrogens is 5. The molecule has 0 radical (unpaired) electrons. The number of pyridine rings is 1. The molecule has 0 amide bonds. The highest BCUT2D eigenvalue weighted by Crippen LogP contribution is 2.35. The van der Waals surface area contributed by atoms with Crippen molar-refractivity contribution in [2.24, 2.45) is 0 Å². The number of piperazine rings is 1. The van der Waals surface area contributed by atoms with Crippen LogP contribution in [0, 0.1) is 0 Å². The predicted octanol–water partition coefficient (Wildman–Crippen LogP) is 3.56. The fraction of sp³-hybridized carbons (Fsp3) is 0.429. The quantitative estimate of drug-likeness (QED) is 0.399. The lowest BCUT2D eigenvalue weighted by molar-refractivity contribution is 0.196. The molecule has 1 aliphatic carbocycles. The van der Waals surface area contributed by atoms with Crippen LogP contribution in [-0.2, 0) is 0 Å². The van der Waals surface area contributed by atoms with Crippen LogP contribution in [0.25, 0.3) is 10.9 Å². The second-order valence-electron chi connectivity index (χ2n) is 10.0. The van der Waals surface area contributed by atoms with Crippen molar-refractivity contribution < 1.29 is 9.47 Å². The number of hydrogen-bond acceptors (Lipinski definition) is 8. The van der Waals surface area contributed by atoms with E-state index in [1.165, 1.54) is 12.8 Å². The molecule has 10 nitrogen and oxygen atoms in total. The Kier molecular flexibility index (Phi) is 6.71. The first-order valence-electron chi connectivity index (χ1n) is 13.3. The molecule has 6 rings (SSSR count). The Balaban J connectivity index is 1.39. The maximum Gasteiger partial charge on any atom is 0.253 e. The summed E-state index contributed by atoms with van der Waals surface area (Å²) in [5.74, 6) is 2.34. The third kappa shape index (κ3) is 4.49. The Hall–Kier alpha value is -3.92. The summed E-state index contributed by atoms with van der Waals surface area (Å²) in [4.78, 5) is 21.3. The summed E-state index contributed by atoms with van der Waals surface area (Å²) in [7, 11) is 3.35. The topological polar surface area (TPSA) is 101 Å². The molecule has 1 saturated carbocycles. The summed E-state index contributed by atoms with van der Waals surface area (Å²) >= 11 is 0. The van der Waals surface area contributed by atoms with Crippen molar-refractivity contribution in [3.05, 3.63) is 70.3 Å². The number of nitrogens with one attached hydrogen (secondary N) is 1. The van der Waals surface area contributed by atoms with Gasteiger partial charge >= 0.3 is 0 Å². The van der Waals surface area contributed by atoms with Gasteiger partial charge in [-0.3, -0.25) is 9.69 Å². The Bertz CT molecular complexity index is 1470. The van der Waals surface area contributed by atoms with Crippen molar-refractivity contribution in [2.75, 3.05) is 45.3 Å². The van der Waals surface area contributed by atoms with Crippen molar-refractivity contribution in [2.45, 2.75) is 37.8 Å². The molecule has 1 N–H and O–H groups in total. The number of para-hydroxylation sites is 2. The highest BCUT2D eigenvalue weighted by atomic mass is 16.5. The minimum absolute atomic E-state index is 0.124. The molecule has 2 aliphatic rings. The lowest BCUT2D eigenvalue weighted by Gasteiger charge is -2.40. The van der Waals surface area contributed by atoms with Crippen LogP contribution in [0.15, 0.2) is 53.3 Å². The van der Waals surface area contributed by atoms with E-state index >= 15 is 0 Å². The van der Waals surface area contributed by atoms with E-state index in [1.807, 2.05) is 47.1 Å². The first-order valence-corrected chi connectivity index (χ1v) is 13.3. The largest absolute Gasteiger partial charge is 0.497 e. The second-order valence-corrected chi connectivity index (χ2v) is 10.0. The maximum absolute atomic E-state index is 13.6. The van der Waals surface area contributed by atoms with Crippen LogP contribution in [0.3, 0.4) is 0 Å². The van der Waals surface area contributed by atoms with E-state index in [0.29, 0.717) is 5.56 Å². The Morgan fingerprint density at radius 3 is 2.53 bits per heavy atom. The Morgan fingerprint density at radius 1 is 0.974 bits per heavy atom. The van der Waals surface area contributed by atoms with E-state index in [0.717, 1.165) is 72.9 Å². The number of methoxy groups -OCH3 is 2. The molecular weight excluding hydrogens is 482 g/mol. The predicted molar refractivity (Wildman–Crippen MR) is 145 cm³/mol. The lowest BCUT2D eigenvalue weighted by Crippen LogP contribution is -2.49. The molecule has 0 bridgehead atoms. The molecule has 2 aromatic heterocycles. The smallest absolute Gasteiger partial charge is 0.253 e. The van der Waals surface area contributed by atoms with Crippen molar-refractivity contribution in [3.8, 4) is 11.5 Å². The molecular formula is C28H33N7O3. The van der Waals surface area contributed by atoms with Gasteiger partial charge in [-0.15, -0.1) is 5.10 Å². The molecule has 0 spiro atoms. The maximum atomic E-state index is 13.6. The molecule has 38 heavy (non-hydrogen) atoms. The van der Waals surface area contributed by atoms with Gasteiger partial charge in [0.25, 0.3) is 5.56 Å². The normalized spacial score (nSPS) is 17.7. The molecule has 2 fully saturated rings. The van der Waals surface area contributed by atoms with Gasteiger partial charge in [0.15, 0.2) is 5.82 Å². The fourth-order valence-corrected chi connectivity index (χ4v) is 5.93. The SMILES string of the molecule is COc1ccc2[nH]c(=O)c(C(c3nnnn3C3CCCC3)N3CCN(c4ccccc4OC)CC3)cc2c1. The van der Waals surface area contributed by atoms with E-state index < -0.39 is 0 Å². The van der Waals surface area contributed by atoms with E-state index in [4.69, 9.17) is 9.47 Å². The van der Waals surface area contributed by atoms with Crippen LogP contribution in [-0.4, -0.2) is 70.5 Å². The minimum atomic E-state index is -0.371. The van der Waals surface area contributed by atoms with Crippen LogP contribution < -0.4 is 19.9 Å². The van der Waals surface area contributed by atoms with Gasteiger partial charge in [0, 0.05) is 42.6 Å². The first-order chi connectivity index (χ1) is 18.7. The number of fused-ring (bicyclic) bond motifs is 1. The van der Waals surface area contributed by atoms with Gasteiger partial charge in [0.1, 0.15) is 17.5 Å². The highest BCUT2D eigenvalue weighted by molar-refractivity contribution is 5.80. The highest BCUT2D eigenvalue weighted by Gasteiger charge is 2.35. The summed E-state index contributed by atoms with van der Waals surface area (Å²) in [6, 6.07) is 15.6. The van der Waals surface area contributed by atoms with Crippen molar-refractivity contribution in [1.29, 1.82) is 0 Å². The van der Waals surface area contributed by atoms with Gasteiger partial charge in [0.2, 0.25) is 0 Å². The van der Waals surface area contributed by atoms with Crippen LogP contribution in [0.5, 0.6) is 11.5 Å². The van der Waals surface area contributed by atoms with Gasteiger partial charge in [0.05, 0.1) is 25.9 Å². The van der Waals surface area contributed by atoms with Gasteiger partial charge < -0.3 is 19.4 Å². The van der Waals surface area contributed by atoms with Crippen LogP contribution in [0.4, 0.5) is 5.69 Å². The molecule has 198 valence electrons. The third-order valence-electron chi connectivity index (χ3n) is 7.91. The number of tetrazole rings is 1. The van der Waals surface area contributed by atoms with Crippen LogP contribution in [0.1, 0.15) is 49.2 Å². The number of hydrogen-bond donors (Lipinski definition) is 1. The number of benzene rings is 2. The van der Waals surface area contributed by atoms with E-state index in [2.05, 4.69) is 36.4 Å². The van der Waals surface area contributed by atoms with E-state index in [9.17, 15) is 4.79 Å². The summed E-state index contributed by atoms with van der Waals surface area (Å²) in [6.45, 7) is 3.08. The molecule has 10 heteroatoms. The monoisotopic (exact) mass is 515 g/mol. The summed E-state index contributed by atoms with van der Waals surface area (Å²) in [5.41, 5.74) is 2.37. The molecule has 1 saturated heterocycles. The van der Waals surface area contributed by atoms with Crippen molar-refractivity contribution >= 4 is 16.6 Å². The summed E-state index contributed by atoms with van der Waals surface area (Å²) in [6.07, 6.45) is 4.44. The van der Waals surface area contributed by atoms with Crippen LogP contribution >= 0.6 is 0 Å². The number of anilines is 1. The number of ether oxygens (including phenoxy) is 2. The number of H-pyrrole nitrogens is 1. The average Bonchev–Trinajstić information content (AvgIpc) is 3.66. The number of nitrogens with zero attached hydrogens (tertiary/aromatic N) is 6. The second kappa shape index (κ2) is 10.4. The minimum Gasteiger partial charge on any atom is -0.497 e. The molecule has 1 atom stereocenters. The first kappa shape index (κ1) is 24.4. The zero-order chi connectivity index (χ0) is 26.1. The van der Waals surface area contributed by atoms with Crippen molar-refractivity contribution in [3.63, 3.8) is 0 Å².